The lowest BCUT2D eigenvalue weighted by Crippen LogP contribution is -2.27. The Balaban J connectivity index is 1.68. The molecule has 0 saturated carbocycles. The summed E-state index contributed by atoms with van der Waals surface area (Å²) in [6.07, 6.45) is 3.05. The van der Waals surface area contributed by atoms with Crippen molar-refractivity contribution in [2.24, 2.45) is 0 Å². The Hall–Kier alpha value is -2.99. The van der Waals surface area contributed by atoms with Gasteiger partial charge in [0.1, 0.15) is 5.75 Å². The first-order chi connectivity index (χ1) is 13.1. The minimum Gasteiger partial charge on any atom is -0.435 e. The van der Waals surface area contributed by atoms with Crippen molar-refractivity contribution >= 4 is 23.3 Å². The first kappa shape index (κ1) is 18.8. The molecule has 0 saturated heterocycles. The summed E-state index contributed by atoms with van der Waals surface area (Å²) in [5.41, 5.74) is 1.70. The van der Waals surface area contributed by atoms with E-state index >= 15 is 0 Å². The third kappa shape index (κ3) is 5.49. The largest absolute Gasteiger partial charge is 0.435 e. The zero-order chi connectivity index (χ0) is 19.1. The molecule has 0 radical (unpaired) electrons. The van der Waals surface area contributed by atoms with Gasteiger partial charge in [0.15, 0.2) is 0 Å². The van der Waals surface area contributed by atoms with Gasteiger partial charge in [-0.3, -0.25) is 4.79 Å². The van der Waals surface area contributed by atoms with Crippen molar-refractivity contribution in [2.45, 2.75) is 12.7 Å². The molecule has 1 heterocycles. The van der Waals surface area contributed by atoms with Gasteiger partial charge in [0.05, 0.1) is 6.04 Å². The van der Waals surface area contributed by atoms with Crippen molar-refractivity contribution in [1.82, 2.24) is 5.32 Å². The van der Waals surface area contributed by atoms with Gasteiger partial charge in [-0.25, -0.2) is 0 Å². The van der Waals surface area contributed by atoms with E-state index in [0.29, 0.717) is 5.56 Å². The number of nitrogens with one attached hydrogen (secondary N) is 1. The molecular formula is C21H17F2NO2S. The van der Waals surface area contributed by atoms with Crippen molar-refractivity contribution in [3.05, 3.63) is 94.2 Å². The van der Waals surface area contributed by atoms with Gasteiger partial charge in [0.25, 0.3) is 0 Å². The first-order valence-corrected chi connectivity index (χ1v) is 9.11. The quantitative estimate of drug-likeness (QED) is 0.563. The number of carbonyl (C=O) groups is 1. The second-order valence-electron chi connectivity index (χ2n) is 5.65. The Kier molecular flexibility index (Phi) is 6.33. The van der Waals surface area contributed by atoms with Gasteiger partial charge in [0, 0.05) is 11.0 Å². The fraction of sp³-hybridized carbons (Fsp3) is 0.0952. The van der Waals surface area contributed by atoms with Crippen LogP contribution >= 0.6 is 11.3 Å². The van der Waals surface area contributed by atoms with E-state index in [0.717, 1.165) is 10.4 Å². The molecule has 6 heteroatoms. The molecule has 1 aromatic heterocycles. The van der Waals surface area contributed by atoms with Crippen LogP contribution in [-0.2, 0) is 4.79 Å². The number of amides is 1. The van der Waals surface area contributed by atoms with E-state index in [9.17, 15) is 13.6 Å². The molecule has 3 aromatic rings. The Morgan fingerprint density at radius 2 is 1.74 bits per heavy atom. The number of hydrogen-bond acceptors (Lipinski definition) is 3. The number of hydrogen-bond donors (Lipinski definition) is 1. The van der Waals surface area contributed by atoms with Crippen LogP contribution in [0, 0.1) is 0 Å². The normalized spacial score (nSPS) is 12.3. The second-order valence-corrected chi connectivity index (χ2v) is 6.63. The number of benzene rings is 2. The van der Waals surface area contributed by atoms with E-state index in [2.05, 4.69) is 10.1 Å². The molecule has 0 spiro atoms. The van der Waals surface area contributed by atoms with Crippen LogP contribution in [0.3, 0.4) is 0 Å². The maximum atomic E-state index is 12.4. The van der Waals surface area contributed by atoms with Gasteiger partial charge >= 0.3 is 6.61 Å². The highest BCUT2D eigenvalue weighted by Crippen LogP contribution is 2.26. The number of rotatable bonds is 7. The third-order valence-electron chi connectivity index (χ3n) is 3.78. The topological polar surface area (TPSA) is 38.3 Å². The van der Waals surface area contributed by atoms with E-state index in [1.165, 1.54) is 18.2 Å². The van der Waals surface area contributed by atoms with Crippen molar-refractivity contribution in [2.75, 3.05) is 0 Å². The van der Waals surface area contributed by atoms with Crippen LogP contribution in [0.2, 0.25) is 0 Å². The highest BCUT2D eigenvalue weighted by molar-refractivity contribution is 7.10. The fourth-order valence-electron chi connectivity index (χ4n) is 2.54. The summed E-state index contributed by atoms with van der Waals surface area (Å²) < 4.78 is 28.6. The highest BCUT2D eigenvalue weighted by Gasteiger charge is 2.16. The zero-order valence-electron chi connectivity index (χ0n) is 14.2. The lowest BCUT2D eigenvalue weighted by molar-refractivity contribution is -0.116. The molecule has 27 heavy (non-hydrogen) atoms. The minimum atomic E-state index is -2.86. The number of carbonyl (C=O) groups excluding carboxylic acids is 1. The van der Waals surface area contributed by atoms with Gasteiger partial charge in [0.2, 0.25) is 5.91 Å². The van der Waals surface area contributed by atoms with Gasteiger partial charge in [-0.2, -0.15) is 8.78 Å². The highest BCUT2D eigenvalue weighted by atomic mass is 32.1. The van der Waals surface area contributed by atoms with Gasteiger partial charge < -0.3 is 10.1 Å². The van der Waals surface area contributed by atoms with Crippen molar-refractivity contribution in [1.29, 1.82) is 0 Å². The molecule has 3 nitrogen and oxygen atoms in total. The molecule has 0 bridgehead atoms. The summed E-state index contributed by atoms with van der Waals surface area (Å²) in [5, 5.41) is 4.97. The van der Waals surface area contributed by atoms with Crippen molar-refractivity contribution < 1.29 is 18.3 Å². The second kappa shape index (κ2) is 9.09. The molecule has 3 rings (SSSR count). The van der Waals surface area contributed by atoms with Crippen molar-refractivity contribution in [3.63, 3.8) is 0 Å². The molecule has 1 amide bonds. The monoisotopic (exact) mass is 385 g/mol. The van der Waals surface area contributed by atoms with Gasteiger partial charge in [-0.05, 0) is 40.8 Å². The SMILES string of the molecule is O=C(/C=C/c1ccc(OC(F)F)cc1)N[C@H](c1ccccc1)c1cccs1. The predicted molar refractivity (Wildman–Crippen MR) is 103 cm³/mol. The smallest absolute Gasteiger partial charge is 0.387 e. The lowest BCUT2D eigenvalue weighted by atomic mass is 10.1. The van der Waals surface area contributed by atoms with E-state index in [1.807, 2.05) is 47.8 Å². The maximum Gasteiger partial charge on any atom is 0.387 e. The third-order valence-corrected chi connectivity index (χ3v) is 4.72. The zero-order valence-corrected chi connectivity index (χ0v) is 15.0. The molecule has 138 valence electrons. The average molecular weight is 385 g/mol. The van der Waals surface area contributed by atoms with E-state index in [-0.39, 0.29) is 17.7 Å². The number of halogens is 2. The summed E-state index contributed by atoms with van der Waals surface area (Å²) in [6, 6.07) is 19.5. The Morgan fingerprint density at radius 3 is 2.37 bits per heavy atom. The fourth-order valence-corrected chi connectivity index (χ4v) is 3.34. The molecule has 0 aliphatic carbocycles. The Bertz CT molecular complexity index is 878. The number of thiophene rings is 1. The molecule has 1 atom stereocenters. The molecule has 0 fully saturated rings. The minimum absolute atomic E-state index is 0.0773. The summed E-state index contributed by atoms with van der Waals surface area (Å²) in [5.74, 6) is -0.168. The summed E-state index contributed by atoms with van der Waals surface area (Å²) in [7, 11) is 0. The molecule has 2 aromatic carbocycles. The van der Waals surface area contributed by atoms with Crippen LogP contribution < -0.4 is 10.1 Å². The summed E-state index contributed by atoms with van der Waals surface area (Å²) in [6.45, 7) is -2.86. The van der Waals surface area contributed by atoms with Crippen LogP contribution in [-0.4, -0.2) is 12.5 Å². The molecule has 0 unspecified atom stereocenters. The standard InChI is InChI=1S/C21H17F2NO2S/c22-21(23)26-17-11-8-15(9-12-17)10-13-19(25)24-20(18-7-4-14-27-18)16-5-2-1-3-6-16/h1-14,20-21H,(H,24,25)/b13-10+/t20-/m1/s1. The van der Waals surface area contributed by atoms with E-state index in [1.54, 1.807) is 29.5 Å². The summed E-state index contributed by atoms with van der Waals surface area (Å²) >= 11 is 1.57. The summed E-state index contributed by atoms with van der Waals surface area (Å²) in [4.78, 5) is 13.4. The van der Waals surface area contributed by atoms with Crippen LogP contribution in [0.5, 0.6) is 5.75 Å². The number of alkyl halides is 2. The van der Waals surface area contributed by atoms with Crippen LogP contribution in [0.4, 0.5) is 8.78 Å². The van der Waals surface area contributed by atoms with E-state index < -0.39 is 6.61 Å². The number of ether oxygens (including phenoxy) is 1. The molecule has 0 aliphatic rings. The first-order valence-electron chi connectivity index (χ1n) is 8.23. The van der Waals surface area contributed by atoms with Crippen molar-refractivity contribution in [3.8, 4) is 5.75 Å². The van der Waals surface area contributed by atoms with E-state index in [4.69, 9.17) is 0 Å². The molecule has 1 N–H and O–H groups in total. The Morgan fingerprint density at radius 1 is 1.00 bits per heavy atom. The Labute approximate surface area is 159 Å². The van der Waals surface area contributed by atoms with Gasteiger partial charge in [-0.1, -0.05) is 48.5 Å². The van der Waals surface area contributed by atoms with Crippen LogP contribution in [0.15, 0.2) is 78.2 Å². The lowest BCUT2D eigenvalue weighted by Gasteiger charge is -2.17. The average Bonchev–Trinajstić information content (AvgIpc) is 3.20. The van der Waals surface area contributed by atoms with Gasteiger partial charge in [-0.15, -0.1) is 11.3 Å². The maximum absolute atomic E-state index is 12.4. The molecular weight excluding hydrogens is 368 g/mol. The van der Waals surface area contributed by atoms with Crippen LogP contribution in [0.1, 0.15) is 22.0 Å². The molecule has 0 aliphatic heterocycles. The predicted octanol–water partition coefficient (Wildman–Crippen LogP) is 5.27. The van der Waals surface area contributed by atoms with Crippen LogP contribution in [0.25, 0.3) is 6.08 Å².